The van der Waals surface area contributed by atoms with Gasteiger partial charge in [-0.1, -0.05) is 124 Å². The number of anilines is 4. The molecule has 1 saturated heterocycles. The maximum atomic E-state index is 15.7. The third-order valence-corrected chi connectivity index (χ3v) is 19.9. The van der Waals surface area contributed by atoms with Crippen LogP contribution in [0.2, 0.25) is 5.02 Å². The van der Waals surface area contributed by atoms with Gasteiger partial charge in [-0.2, -0.15) is 9.97 Å². The summed E-state index contributed by atoms with van der Waals surface area (Å²) >= 11 is 6.29. The molecule has 1 aliphatic rings. The lowest BCUT2D eigenvalue weighted by Crippen LogP contribution is -2.62. The normalized spacial score (nSPS) is 14.9. The molecule has 36 heteroatoms. The van der Waals surface area contributed by atoms with Crippen LogP contribution in [0.5, 0.6) is 0 Å². The molecule has 1 aliphatic heterocycles. The van der Waals surface area contributed by atoms with Crippen molar-refractivity contribution in [3.05, 3.63) is 184 Å². The molecule has 1 fully saturated rings. The number of hydrogen-bond donors (Lipinski definition) is 19. The Hall–Kier alpha value is -12.6. The van der Waals surface area contributed by atoms with E-state index in [1.54, 1.807) is 84.9 Å². The van der Waals surface area contributed by atoms with Crippen LogP contribution in [-0.2, 0) is 84.8 Å². The predicted octanol–water partition coefficient (Wildman–Crippen LogP) is 2.38. The molecule has 10 atom stereocenters. The van der Waals surface area contributed by atoms with E-state index in [9.17, 15) is 29.1 Å². The lowest BCUT2D eigenvalue weighted by molar-refractivity contribution is -0.144. The number of nitrogens with zero attached hydrogens (tertiary/aromatic N) is 5. The zero-order chi connectivity index (χ0) is 84.4. The minimum atomic E-state index is -1.84. The van der Waals surface area contributed by atoms with Crippen LogP contribution in [0.15, 0.2) is 140 Å². The summed E-state index contributed by atoms with van der Waals surface area (Å²) in [6, 6.07) is 22.6. The van der Waals surface area contributed by atoms with Crippen molar-refractivity contribution in [1.29, 1.82) is 10.8 Å². The van der Waals surface area contributed by atoms with E-state index in [0.29, 0.717) is 70.0 Å². The maximum Gasteiger partial charge on any atom is 0.247 e. The van der Waals surface area contributed by atoms with Gasteiger partial charge in [-0.3, -0.25) is 88.9 Å². The number of aliphatic hydroxyl groups excluding tert-OH is 1. The van der Waals surface area contributed by atoms with E-state index in [1.165, 1.54) is 38.2 Å². The Kier molecular flexibility index (Phi) is 32.2. The molecular formula is C81H104ClN23O12. The summed E-state index contributed by atoms with van der Waals surface area (Å²) in [6.45, 7) is 10.0. The van der Waals surface area contributed by atoms with Gasteiger partial charge >= 0.3 is 0 Å². The molecule has 3 aromatic heterocycles. The summed E-state index contributed by atoms with van der Waals surface area (Å²) in [6.07, 6.45) is 3.97. The van der Waals surface area contributed by atoms with Gasteiger partial charge in [-0.25, -0.2) is 0 Å². The third kappa shape index (κ3) is 26.7. The molecule has 8 aromatic rings. The monoisotopic (exact) mass is 1630 g/mol. The smallest absolute Gasteiger partial charge is 0.247 e. The summed E-state index contributed by atoms with van der Waals surface area (Å²) < 4.78 is 0. The number of aliphatic hydroxyl groups is 1. The average Bonchev–Trinajstić information content (AvgIpc) is 1.44. The highest BCUT2D eigenvalue weighted by molar-refractivity contribution is 6.30. The van der Waals surface area contributed by atoms with E-state index in [4.69, 9.17) is 28.2 Å². The average molecular weight is 1630 g/mol. The van der Waals surface area contributed by atoms with Crippen LogP contribution in [-0.4, -0.2) is 208 Å². The van der Waals surface area contributed by atoms with Crippen LogP contribution in [0.1, 0.15) is 108 Å². The number of nitrogens with one attached hydrogen (secondary N) is 17. The van der Waals surface area contributed by atoms with Crippen molar-refractivity contribution in [3.63, 3.8) is 0 Å². The van der Waals surface area contributed by atoms with Gasteiger partial charge in [-0.05, 0) is 139 Å². The number of aromatic nitrogens is 7. The van der Waals surface area contributed by atoms with Crippen molar-refractivity contribution < 1.29 is 57.8 Å². The number of primary amides is 1. The zero-order valence-corrected chi connectivity index (χ0v) is 67.0. The van der Waals surface area contributed by atoms with Crippen LogP contribution in [0, 0.1) is 16.7 Å². The van der Waals surface area contributed by atoms with Crippen LogP contribution < -0.4 is 75.5 Å². The summed E-state index contributed by atoms with van der Waals surface area (Å²) in [5, 5.41) is 71.4. The number of benzene rings is 5. The minimum Gasteiger partial charge on any atom is -0.394 e. The highest BCUT2D eigenvalue weighted by atomic mass is 35.5. The van der Waals surface area contributed by atoms with Crippen LogP contribution in [0.4, 0.5) is 23.3 Å². The number of carbonyl (C=O) groups excluding carboxylic acids is 11. The number of fused-ring (bicyclic) bond motifs is 1. The number of nitrogens with two attached hydrogens (primary N) is 1. The second-order valence-electron chi connectivity index (χ2n) is 29.8. The van der Waals surface area contributed by atoms with Gasteiger partial charge in [0.15, 0.2) is 0 Å². The summed E-state index contributed by atoms with van der Waals surface area (Å²) in [5.41, 5.74) is 8.80. The van der Waals surface area contributed by atoms with Crippen molar-refractivity contribution >= 4 is 111 Å². The van der Waals surface area contributed by atoms with Gasteiger partial charge in [0.1, 0.15) is 60.4 Å². The van der Waals surface area contributed by atoms with Crippen LogP contribution >= 0.6 is 11.6 Å². The molecule has 0 saturated carbocycles. The maximum absolute atomic E-state index is 15.7. The van der Waals surface area contributed by atoms with Crippen molar-refractivity contribution in [1.82, 2.24) is 93.0 Å². The standard InChI is InChI=1S/C81H104ClN23O12/c1-45(2)36-60(69(109)92-59(17-10-11-34-87-46(3)4)77(117)105-35-13-18-66(105)74(114)88-47(5)68(83)108)93-72(112)63(39-50-22-29-57(30-23-50)90-80-98-78(84)100-102-80)96-75(115)67(42-51-24-31-58(32-25-51)91-81-99-79(85)101-103-81)104(7)76(116)65(44-106)97-73(113)64(41-53-14-12-33-86-43-53)95-71(111)62(38-49-20-27-56(82)28-21-49)94-70(110)61(89-48(6)107)40-52-19-26-54-15-8-9-16-55(54)37-52/h8-9,12,14-16,19-33,37,43,45-47,59-67,87,106H,10-11,13,17-18,34-36,38-42,44H2,1-7H3,(H2,83,108)(H,88,114)(H,89,107)(H,92,109)(H,93,112)(H,94,110)(H,95,111)(H,96,115)(H,97,113)(H4,84,90,98,100,102)(H4,85,91,99,101,103)/t47-,59+,60+,61-,62-,63-,64-,65+,66+,67+/m1/s1. The van der Waals surface area contributed by atoms with Crippen molar-refractivity contribution in [2.24, 2.45) is 11.7 Å². The molecule has 0 unspecified atom stereocenters. The number of halogens is 1. The van der Waals surface area contributed by atoms with Gasteiger partial charge in [0.2, 0.25) is 88.1 Å². The SMILES string of the molecule is CC(=O)N[C@H](Cc1ccc2ccccc2c1)C(=O)N[C@H](Cc1ccc(Cl)cc1)C(=O)N[C@H](Cc1cccnc1)C(=O)N[C@@H](CO)C(=O)N(C)[C@@H](Cc1ccc(Nc2nc(=N)[nH][nH]2)cc1)C(=O)N[C@H](Cc1ccc(Nc2nc(=N)[nH][nH]2)cc1)C(=O)N[C@@H](CC(C)C)C(=O)N[C@@H](CCCCNC(C)C)C(=O)N1CCC[C@H]1C(=O)N[C@H](C)C(N)=O. The Labute approximate surface area is 680 Å². The van der Waals surface area contributed by atoms with E-state index in [-0.39, 0.29) is 93.0 Å². The summed E-state index contributed by atoms with van der Waals surface area (Å²) in [5.74, 6) is -8.46. The molecule has 622 valence electrons. The van der Waals surface area contributed by atoms with Crippen molar-refractivity contribution in [3.8, 4) is 0 Å². The molecule has 11 amide bonds. The molecule has 35 nitrogen and oxygen atoms in total. The first-order chi connectivity index (χ1) is 55.9. The predicted molar refractivity (Wildman–Crippen MR) is 436 cm³/mol. The first-order valence-corrected chi connectivity index (χ1v) is 39.2. The van der Waals surface area contributed by atoms with E-state index in [1.807, 2.05) is 70.2 Å². The minimum absolute atomic E-state index is 0.0181. The molecule has 9 rings (SSSR count). The second-order valence-corrected chi connectivity index (χ2v) is 30.2. The van der Waals surface area contributed by atoms with E-state index in [2.05, 4.69) is 93.8 Å². The topological polar surface area (TPSA) is 522 Å². The number of likely N-dealkylation sites (N-methyl/N-ethyl adjacent to an activating group) is 1. The Morgan fingerprint density at radius 2 is 1.06 bits per heavy atom. The number of carbonyl (C=O) groups is 11. The molecule has 5 aromatic carbocycles. The van der Waals surface area contributed by atoms with Crippen molar-refractivity contribution in [2.45, 2.75) is 179 Å². The molecule has 0 spiro atoms. The quantitative estimate of drug-likeness (QED) is 0.0244. The number of amides is 11. The van der Waals surface area contributed by atoms with Gasteiger partial charge in [0.05, 0.1) is 6.61 Å². The highest BCUT2D eigenvalue weighted by Crippen LogP contribution is 2.24. The third-order valence-electron chi connectivity index (χ3n) is 19.7. The fraction of sp³-hybridized carbons (Fsp3) is 0.407. The molecule has 0 radical (unpaired) electrons. The van der Waals surface area contributed by atoms with Crippen LogP contribution in [0.3, 0.4) is 0 Å². The zero-order valence-electron chi connectivity index (χ0n) is 66.2. The van der Waals surface area contributed by atoms with Crippen LogP contribution in [0.25, 0.3) is 10.8 Å². The Balaban J connectivity index is 1.02. The molecule has 117 heavy (non-hydrogen) atoms. The number of hydrogen-bond acceptors (Lipinski definition) is 20. The first-order valence-electron chi connectivity index (χ1n) is 38.8. The Morgan fingerprint density at radius 1 is 0.564 bits per heavy atom. The highest BCUT2D eigenvalue weighted by Gasteiger charge is 2.41. The summed E-state index contributed by atoms with van der Waals surface area (Å²) in [4.78, 5) is 174. The fourth-order valence-electron chi connectivity index (χ4n) is 13.5. The number of aromatic amines is 4. The number of pyridine rings is 1. The number of unbranched alkanes of at least 4 members (excludes halogenated alkanes) is 1. The Morgan fingerprint density at radius 3 is 1.58 bits per heavy atom. The lowest BCUT2D eigenvalue weighted by Gasteiger charge is -2.33. The van der Waals surface area contributed by atoms with Crippen molar-refractivity contribution in [2.75, 3.05) is 37.4 Å². The van der Waals surface area contributed by atoms with E-state index in [0.717, 1.165) is 15.7 Å². The molecule has 20 N–H and O–H groups in total. The lowest BCUT2D eigenvalue weighted by atomic mass is 9.99. The summed E-state index contributed by atoms with van der Waals surface area (Å²) in [7, 11) is 1.26. The van der Waals surface area contributed by atoms with Gasteiger partial charge in [0.25, 0.3) is 0 Å². The Bertz CT molecular complexity index is 4860. The number of likely N-dealkylation sites (tertiary alicyclic amines) is 1. The molecule has 4 heterocycles. The molecule has 0 bridgehead atoms. The molecular weight excluding hydrogens is 1520 g/mol. The van der Waals surface area contributed by atoms with Gasteiger partial charge in [-0.15, -0.1) is 0 Å². The van der Waals surface area contributed by atoms with E-state index < -0.39 is 132 Å². The fourth-order valence-corrected chi connectivity index (χ4v) is 13.6. The largest absolute Gasteiger partial charge is 0.394 e. The number of rotatable bonds is 42. The number of H-pyrrole nitrogens is 4. The van der Waals surface area contributed by atoms with Gasteiger partial charge < -0.3 is 79.1 Å². The van der Waals surface area contributed by atoms with E-state index >= 15 is 28.8 Å². The first kappa shape index (κ1) is 88.3. The molecule has 0 aliphatic carbocycles. The second kappa shape index (κ2) is 42.7. The van der Waals surface area contributed by atoms with Gasteiger partial charge in [0, 0.05) is 87.5 Å².